The lowest BCUT2D eigenvalue weighted by atomic mass is 10.2. The standard InChI is InChI=1S/C15H19N3O2S.ClH/c1-11-9-18(10-12(2)17-11)21(19,20)15-5-3-4-13-8-16-7-6-14(13)15;/h3-8,11-12,17H,9-10H2,1-2H3;1H. The van der Waals surface area contributed by atoms with Crippen molar-refractivity contribution in [1.82, 2.24) is 14.6 Å². The summed E-state index contributed by atoms with van der Waals surface area (Å²) in [6.45, 7) is 5.00. The normalized spacial score (nSPS) is 23.2. The van der Waals surface area contributed by atoms with E-state index in [0.29, 0.717) is 18.0 Å². The summed E-state index contributed by atoms with van der Waals surface area (Å²) in [5.74, 6) is 0. The molecule has 3 rings (SSSR count). The van der Waals surface area contributed by atoms with E-state index in [0.717, 1.165) is 10.8 Å². The smallest absolute Gasteiger partial charge is 0.243 e. The third-order valence-electron chi connectivity index (χ3n) is 3.78. The Kier molecular flexibility index (Phi) is 5.07. The summed E-state index contributed by atoms with van der Waals surface area (Å²) in [4.78, 5) is 4.42. The van der Waals surface area contributed by atoms with E-state index in [9.17, 15) is 8.42 Å². The van der Waals surface area contributed by atoms with Crippen LogP contribution in [-0.2, 0) is 10.0 Å². The molecule has 1 N–H and O–H groups in total. The van der Waals surface area contributed by atoms with Crippen molar-refractivity contribution < 1.29 is 8.42 Å². The fraction of sp³-hybridized carbons (Fsp3) is 0.400. The Morgan fingerprint density at radius 3 is 2.55 bits per heavy atom. The molecule has 1 aliphatic rings. The number of hydrogen-bond acceptors (Lipinski definition) is 4. The second-order valence-corrected chi connectivity index (χ2v) is 7.55. The Hall–Kier alpha value is -1.21. The monoisotopic (exact) mass is 341 g/mol. The van der Waals surface area contributed by atoms with E-state index < -0.39 is 10.0 Å². The fourth-order valence-electron chi connectivity index (χ4n) is 2.93. The van der Waals surface area contributed by atoms with E-state index in [-0.39, 0.29) is 24.5 Å². The van der Waals surface area contributed by atoms with E-state index >= 15 is 0 Å². The van der Waals surface area contributed by atoms with Crippen molar-refractivity contribution in [1.29, 1.82) is 0 Å². The van der Waals surface area contributed by atoms with Crippen LogP contribution < -0.4 is 5.32 Å². The molecule has 0 aliphatic carbocycles. The first-order valence-corrected chi connectivity index (χ1v) is 8.51. The van der Waals surface area contributed by atoms with E-state index in [4.69, 9.17) is 0 Å². The number of sulfonamides is 1. The average Bonchev–Trinajstić information content (AvgIpc) is 2.45. The second kappa shape index (κ2) is 6.50. The van der Waals surface area contributed by atoms with E-state index in [1.54, 1.807) is 34.9 Å². The summed E-state index contributed by atoms with van der Waals surface area (Å²) in [5, 5.41) is 4.92. The molecule has 1 aliphatic heterocycles. The molecule has 7 heteroatoms. The van der Waals surface area contributed by atoms with Gasteiger partial charge in [0, 0.05) is 48.3 Å². The van der Waals surface area contributed by atoms with Crippen molar-refractivity contribution in [2.75, 3.05) is 13.1 Å². The highest BCUT2D eigenvalue weighted by atomic mass is 35.5. The molecule has 2 heterocycles. The Balaban J connectivity index is 0.00000176. The maximum Gasteiger partial charge on any atom is 0.243 e. The van der Waals surface area contributed by atoms with Gasteiger partial charge >= 0.3 is 0 Å². The predicted molar refractivity (Wildman–Crippen MR) is 89.8 cm³/mol. The first-order valence-electron chi connectivity index (χ1n) is 7.07. The molecule has 1 aromatic carbocycles. The van der Waals surface area contributed by atoms with E-state index in [1.165, 1.54) is 0 Å². The molecule has 2 unspecified atom stereocenters. The molecule has 22 heavy (non-hydrogen) atoms. The van der Waals surface area contributed by atoms with Gasteiger partial charge in [-0.15, -0.1) is 12.4 Å². The Morgan fingerprint density at radius 2 is 1.86 bits per heavy atom. The molecule has 120 valence electrons. The van der Waals surface area contributed by atoms with Gasteiger partial charge in [0.2, 0.25) is 10.0 Å². The Labute approximate surface area is 137 Å². The zero-order chi connectivity index (χ0) is 15.0. The molecule has 5 nitrogen and oxygen atoms in total. The molecule has 0 bridgehead atoms. The van der Waals surface area contributed by atoms with Gasteiger partial charge in [0.15, 0.2) is 0 Å². The number of hydrogen-bond donors (Lipinski definition) is 1. The number of piperazine rings is 1. The summed E-state index contributed by atoms with van der Waals surface area (Å²) in [5.41, 5.74) is 0. The molecule has 2 atom stereocenters. The lowest BCUT2D eigenvalue weighted by Gasteiger charge is -2.35. The summed E-state index contributed by atoms with van der Waals surface area (Å²) in [6, 6.07) is 7.39. The number of aromatic nitrogens is 1. The highest BCUT2D eigenvalue weighted by Gasteiger charge is 2.32. The van der Waals surface area contributed by atoms with Crippen LogP contribution in [0.15, 0.2) is 41.6 Å². The van der Waals surface area contributed by atoms with Crippen LogP contribution in [0.5, 0.6) is 0 Å². The van der Waals surface area contributed by atoms with Gasteiger partial charge < -0.3 is 5.32 Å². The minimum absolute atomic E-state index is 0. The maximum atomic E-state index is 13.0. The van der Waals surface area contributed by atoms with Gasteiger partial charge in [-0.1, -0.05) is 12.1 Å². The fourth-order valence-corrected chi connectivity index (χ4v) is 4.76. The lowest BCUT2D eigenvalue weighted by molar-refractivity contribution is 0.263. The summed E-state index contributed by atoms with van der Waals surface area (Å²) < 4.78 is 27.5. The highest BCUT2D eigenvalue weighted by Crippen LogP contribution is 2.26. The van der Waals surface area contributed by atoms with Gasteiger partial charge in [-0.25, -0.2) is 8.42 Å². The van der Waals surface area contributed by atoms with Crippen LogP contribution in [0.1, 0.15) is 13.8 Å². The van der Waals surface area contributed by atoms with Crippen LogP contribution in [0.2, 0.25) is 0 Å². The first kappa shape index (κ1) is 17.1. The molecule has 1 saturated heterocycles. The molecular weight excluding hydrogens is 322 g/mol. The minimum Gasteiger partial charge on any atom is -0.309 e. The van der Waals surface area contributed by atoms with Gasteiger partial charge in [0.25, 0.3) is 0 Å². The predicted octanol–water partition coefficient (Wildman–Crippen LogP) is 2.03. The van der Waals surface area contributed by atoms with Gasteiger partial charge in [-0.3, -0.25) is 4.98 Å². The van der Waals surface area contributed by atoms with Crippen LogP contribution in [0, 0.1) is 0 Å². The number of nitrogens with zero attached hydrogens (tertiary/aromatic N) is 2. The minimum atomic E-state index is -3.49. The van der Waals surface area contributed by atoms with E-state index in [2.05, 4.69) is 10.3 Å². The first-order chi connectivity index (χ1) is 9.98. The molecule has 2 aromatic rings. The largest absolute Gasteiger partial charge is 0.309 e. The number of halogens is 1. The van der Waals surface area contributed by atoms with Crippen LogP contribution in [-0.4, -0.2) is 42.9 Å². The quantitative estimate of drug-likeness (QED) is 0.907. The zero-order valence-corrected chi connectivity index (χ0v) is 14.2. The average molecular weight is 342 g/mol. The molecule has 0 amide bonds. The summed E-state index contributed by atoms with van der Waals surface area (Å²) >= 11 is 0. The van der Waals surface area contributed by atoms with Gasteiger partial charge in [-0.05, 0) is 26.0 Å². The number of pyridine rings is 1. The number of fused-ring (bicyclic) bond motifs is 1. The third kappa shape index (κ3) is 3.10. The molecule has 1 fully saturated rings. The second-order valence-electron chi connectivity index (χ2n) is 5.64. The van der Waals surface area contributed by atoms with E-state index in [1.807, 2.05) is 19.9 Å². The van der Waals surface area contributed by atoms with Gasteiger partial charge in [0.1, 0.15) is 0 Å². The highest BCUT2D eigenvalue weighted by molar-refractivity contribution is 7.89. The van der Waals surface area contributed by atoms with Crippen LogP contribution in [0.25, 0.3) is 10.8 Å². The number of benzene rings is 1. The number of nitrogens with one attached hydrogen (secondary N) is 1. The topological polar surface area (TPSA) is 62.3 Å². The van der Waals surface area contributed by atoms with Crippen molar-refractivity contribution >= 4 is 33.2 Å². The zero-order valence-electron chi connectivity index (χ0n) is 12.6. The van der Waals surface area contributed by atoms with Crippen LogP contribution in [0.4, 0.5) is 0 Å². The molecule has 0 saturated carbocycles. The molecule has 0 radical (unpaired) electrons. The van der Waals surface area contributed by atoms with Crippen molar-refractivity contribution in [2.45, 2.75) is 30.8 Å². The third-order valence-corrected chi connectivity index (χ3v) is 5.67. The van der Waals surface area contributed by atoms with Crippen molar-refractivity contribution in [3.63, 3.8) is 0 Å². The lowest BCUT2D eigenvalue weighted by Crippen LogP contribution is -2.55. The summed E-state index contributed by atoms with van der Waals surface area (Å²) in [7, 11) is -3.49. The molecule has 0 spiro atoms. The SMILES string of the molecule is CC1CN(S(=O)(=O)c2cccc3cnccc23)CC(C)N1.Cl. The van der Waals surface area contributed by atoms with Crippen LogP contribution in [0.3, 0.4) is 0 Å². The van der Waals surface area contributed by atoms with Crippen molar-refractivity contribution in [3.8, 4) is 0 Å². The Bertz CT molecular complexity index is 751. The Morgan fingerprint density at radius 1 is 1.18 bits per heavy atom. The van der Waals surface area contributed by atoms with Crippen LogP contribution >= 0.6 is 12.4 Å². The molecular formula is C15H20ClN3O2S. The van der Waals surface area contributed by atoms with Gasteiger partial charge in [0.05, 0.1) is 4.90 Å². The summed E-state index contributed by atoms with van der Waals surface area (Å²) in [6.07, 6.45) is 3.32. The number of rotatable bonds is 2. The van der Waals surface area contributed by atoms with Crippen molar-refractivity contribution in [2.24, 2.45) is 0 Å². The van der Waals surface area contributed by atoms with Gasteiger partial charge in [-0.2, -0.15) is 4.31 Å². The van der Waals surface area contributed by atoms with Crippen molar-refractivity contribution in [3.05, 3.63) is 36.7 Å². The maximum absolute atomic E-state index is 13.0. The molecule has 1 aromatic heterocycles.